The predicted molar refractivity (Wildman–Crippen MR) is 148 cm³/mol. The van der Waals surface area contributed by atoms with Crippen molar-refractivity contribution in [3.8, 4) is 0 Å². The Morgan fingerprint density at radius 2 is 1.87 bits per heavy atom. The SMILES string of the molecule is CCCNC(=O)[C@H]1[C@H]2C(=O)N([C@@H](CO)Cc3ccccc3)C(C(=O)Nc3cc(C)ccc3C)C23CC[C@]1(C)O3. The van der Waals surface area contributed by atoms with Crippen molar-refractivity contribution in [2.24, 2.45) is 11.8 Å². The van der Waals surface area contributed by atoms with Gasteiger partial charge in [0.15, 0.2) is 0 Å². The molecule has 2 unspecified atom stereocenters. The summed E-state index contributed by atoms with van der Waals surface area (Å²) in [5.74, 6) is -2.37. The number of carbonyl (C=O) groups is 3. The molecule has 208 valence electrons. The average molecular weight is 534 g/mol. The maximum absolute atomic E-state index is 14.4. The van der Waals surface area contributed by atoms with E-state index in [4.69, 9.17) is 4.74 Å². The Morgan fingerprint density at radius 3 is 2.56 bits per heavy atom. The maximum Gasteiger partial charge on any atom is 0.250 e. The van der Waals surface area contributed by atoms with E-state index in [0.717, 1.165) is 23.1 Å². The summed E-state index contributed by atoms with van der Waals surface area (Å²) in [5.41, 5.74) is 1.54. The molecule has 6 atom stereocenters. The lowest BCUT2D eigenvalue weighted by molar-refractivity contribution is -0.147. The second-order valence-corrected chi connectivity index (χ2v) is 11.6. The minimum atomic E-state index is -1.15. The van der Waals surface area contributed by atoms with Crippen LogP contribution in [0, 0.1) is 25.7 Å². The number of carbonyl (C=O) groups excluding carboxylic acids is 3. The van der Waals surface area contributed by atoms with E-state index < -0.39 is 35.1 Å². The first-order chi connectivity index (χ1) is 18.6. The Labute approximate surface area is 230 Å². The summed E-state index contributed by atoms with van der Waals surface area (Å²) in [6, 6.07) is 13.8. The molecule has 3 saturated heterocycles. The molecule has 3 N–H and O–H groups in total. The highest BCUT2D eigenvalue weighted by atomic mass is 16.5. The van der Waals surface area contributed by atoms with Gasteiger partial charge >= 0.3 is 0 Å². The second kappa shape index (κ2) is 10.4. The number of nitrogens with zero attached hydrogens (tertiary/aromatic N) is 1. The lowest BCUT2D eigenvalue weighted by Crippen LogP contribution is -2.57. The molecule has 3 aliphatic rings. The summed E-state index contributed by atoms with van der Waals surface area (Å²) in [5, 5.41) is 16.6. The second-order valence-electron chi connectivity index (χ2n) is 11.6. The van der Waals surface area contributed by atoms with Gasteiger partial charge in [-0.15, -0.1) is 0 Å². The van der Waals surface area contributed by atoms with Gasteiger partial charge in [-0.05, 0) is 69.2 Å². The lowest BCUT2D eigenvalue weighted by Gasteiger charge is -2.37. The van der Waals surface area contributed by atoms with Crippen LogP contribution in [-0.2, 0) is 25.5 Å². The highest BCUT2D eigenvalue weighted by Crippen LogP contribution is 2.63. The molecule has 3 heterocycles. The number of rotatable bonds is 9. The van der Waals surface area contributed by atoms with Crippen molar-refractivity contribution in [3.05, 3.63) is 65.2 Å². The first-order valence-electron chi connectivity index (χ1n) is 14.0. The number of fused-ring (bicyclic) bond motifs is 1. The smallest absolute Gasteiger partial charge is 0.250 e. The van der Waals surface area contributed by atoms with Crippen LogP contribution in [0.2, 0.25) is 0 Å². The van der Waals surface area contributed by atoms with Crippen molar-refractivity contribution in [1.29, 1.82) is 0 Å². The van der Waals surface area contributed by atoms with Gasteiger partial charge in [0.05, 0.1) is 30.1 Å². The molecule has 3 amide bonds. The Hall–Kier alpha value is -3.23. The molecule has 3 aliphatic heterocycles. The zero-order valence-corrected chi connectivity index (χ0v) is 23.2. The molecular weight excluding hydrogens is 494 g/mol. The number of aliphatic hydroxyl groups excluding tert-OH is 1. The van der Waals surface area contributed by atoms with E-state index in [-0.39, 0.29) is 24.3 Å². The van der Waals surface area contributed by atoms with Gasteiger partial charge in [0.25, 0.3) is 0 Å². The van der Waals surface area contributed by atoms with Crippen molar-refractivity contribution in [2.45, 2.75) is 76.7 Å². The van der Waals surface area contributed by atoms with E-state index in [0.29, 0.717) is 31.5 Å². The van der Waals surface area contributed by atoms with E-state index >= 15 is 0 Å². The summed E-state index contributed by atoms with van der Waals surface area (Å²) >= 11 is 0. The molecule has 0 saturated carbocycles. The van der Waals surface area contributed by atoms with Gasteiger partial charge in [-0.3, -0.25) is 14.4 Å². The zero-order chi connectivity index (χ0) is 27.9. The number of nitrogens with one attached hydrogen (secondary N) is 2. The molecule has 3 fully saturated rings. The van der Waals surface area contributed by atoms with Crippen LogP contribution in [0.3, 0.4) is 0 Å². The van der Waals surface area contributed by atoms with Crippen LogP contribution in [-0.4, -0.2) is 64.2 Å². The zero-order valence-electron chi connectivity index (χ0n) is 23.2. The van der Waals surface area contributed by atoms with Gasteiger partial charge in [0.1, 0.15) is 11.6 Å². The van der Waals surface area contributed by atoms with Gasteiger partial charge in [0.2, 0.25) is 17.7 Å². The summed E-state index contributed by atoms with van der Waals surface area (Å²) in [4.78, 5) is 43.6. The normalized spacial score (nSPS) is 29.8. The first kappa shape index (κ1) is 27.3. The van der Waals surface area contributed by atoms with Crippen molar-refractivity contribution in [3.63, 3.8) is 0 Å². The van der Waals surface area contributed by atoms with Crippen LogP contribution in [0.1, 0.15) is 49.8 Å². The van der Waals surface area contributed by atoms with Gasteiger partial charge in [-0.25, -0.2) is 0 Å². The molecule has 0 aliphatic carbocycles. The van der Waals surface area contributed by atoms with Crippen LogP contribution in [0.15, 0.2) is 48.5 Å². The number of anilines is 1. The molecule has 39 heavy (non-hydrogen) atoms. The summed E-state index contributed by atoms with van der Waals surface area (Å²) in [6.07, 6.45) is 2.21. The quantitative estimate of drug-likeness (QED) is 0.459. The average Bonchev–Trinajstić information content (AvgIpc) is 3.49. The minimum Gasteiger partial charge on any atom is -0.394 e. The number of likely N-dealkylation sites (tertiary alicyclic amines) is 1. The fourth-order valence-corrected chi connectivity index (χ4v) is 7.02. The number of benzene rings is 2. The van der Waals surface area contributed by atoms with E-state index in [1.165, 1.54) is 4.90 Å². The molecule has 8 nitrogen and oxygen atoms in total. The van der Waals surface area contributed by atoms with Crippen molar-refractivity contribution in [2.75, 3.05) is 18.5 Å². The van der Waals surface area contributed by atoms with Crippen LogP contribution in [0.25, 0.3) is 0 Å². The largest absolute Gasteiger partial charge is 0.394 e. The third kappa shape index (κ3) is 4.53. The fraction of sp³-hybridized carbons (Fsp3) is 0.516. The number of aryl methyl sites for hydroxylation is 2. The Kier molecular flexibility index (Phi) is 7.29. The topological polar surface area (TPSA) is 108 Å². The predicted octanol–water partition coefficient (Wildman–Crippen LogP) is 3.14. The monoisotopic (exact) mass is 533 g/mol. The molecule has 0 aromatic heterocycles. The molecule has 2 aromatic rings. The minimum absolute atomic E-state index is 0.210. The summed E-state index contributed by atoms with van der Waals surface area (Å²) < 4.78 is 6.69. The van der Waals surface area contributed by atoms with Crippen LogP contribution < -0.4 is 10.6 Å². The highest BCUT2D eigenvalue weighted by Gasteiger charge is 2.78. The number of aliphatic hydroxyl groups is 1. The Bertz CT molecular complexity index is 1270. The molecule has 8 heteroatoms. The lowest BCUT2D eigenvalue weighted by atomic mass is 9.66. The van der Waals surface area contributed by atoms with E-state index in [2.05, 4.69) is 10.6 Å². The van der Waals surface area contributed by atoms with Crippen molar-refractivity contribution in [1.82, 2.24) is 10.2 Å². The fourth-order valence-electron chi connectivity index (χ4n) is 7.02. The highest BCUT2D eigenvalue weighted by molar-refractivity contribution is 6.04. The van der Waals surface area contributed by atoms with Gasteiger partial charge in [-0.2, -0.15) is 0 Å². The number of amides is 3. The van der Waals surface area contributed by atoms with Gasteiger partial charge in [0, 0.05) is 12.2 Å². The molecule has 2 aromatic carbocycles. The Balaban J connectivity index is 1.57. The molecule has 1 spiro atoms. The summed E-state index contributed by atoms with van der Waals surface area (Å²) in [6.45, 7) is 7.94. The van der Waals surface area contributed by atoms with E-state index in [1.54, 1.807) is 0 Å². The van der Waals surface area contributed by atoms with E-state index in [1.807, 2.05) is 76.2 Å². The summed E-state index contributed by atoms with van der Waals surface area (Å²) in [7, 11) is 0. The van der Waals surface area contributed by atoms with Gasteiger partial charge in [-0.1, -0.05) is 49.4 Å². The molecule has 2 bridgehead atoms. The van der Waals surface area contributed by atoms with Gasteiger partial charge < -0.3 is 25.4 Å². The van der Waals surface area contributed by atoms with Crippen molar-refractivity contribution < 1.29 is 24.2 Å². The third-order valence-corrected chi connectivity index (χ3v) is 8.86. The molecule has 0 radical (unpaired) electrons. The Morgan fingerprint density at radius 1 is 1.13 bits per heavy atom. The third-order valence-electron chi connectivity index (χ3n) is 8.86. The van der Waals surface area contributed by atoms with E-state index in [9.17, 15) is 19.5 Å². The number of ether oxygens (including phenoxy) is 1. The van der Waals surface area contributed by atoms with Crippen LogP contribution in [0.4, 0.5) is 5.69 Å². The van der Waals surface area contributed by atoms with Crippen LogP contribution >= 0.6 is 0 Å². The van der Waals surface area contributed by atoms with Crippen molar-refractivity contribution >= 4 is 23.4 Å². The molecule has 5 rings (SSSR count). The van der Waals surface area contributed by atoms with Crippen LogP contribution in [0.5, 0.6) is 0 Å². The molecular formula is C31H39N3O5. The number of hydrogen-bond acceptors (Lipinski definition) is 5. The maximum atomic E-state index is 14.4. The number of hydrogen-bond donors (Lipinski definition) is 3. The standard InChI is InChI=1S/C31H39N3O5/c1-5-15-32-27(36)24-25-29(38)34(22(18-35)17-21-9-7-6-8-10-21)26(31(25)14-13-30(24,4)39-31)28(37)33-23-16-19(2)11-12-20(23)3/h6-12,16,22,24-26,35H,5,13-15,17-18H2,1-4H3,(H,32,36)(H,33,37)/t22-,24-,25+,26?,30+,31?/m1/s1. The first-order valence-corrected chi connectivity index (χ1v) is 14.0.